The number of aromatic amines is 1. The fourth-order valence-corrected chi connectivity index (χ4v) is 2.85. The Balaban J connectivity index is 2.10. The second-order valence-corrected chi connectivity index (χ2v) is 5.26. The largest absolute Gasteiger partial charge is 0.341 e. The molecule has 1 aliphatic heterocycles. The molecule has 0 amide bonds. The maximum absolute atomic E-state index is 5.27. The summed E-state index contributed by atoms with van der Waals surface area (Å²) < 4.78 is 2.88. The van der Waals surface area contributed by atoms with Gasteiger partial charge in [-0.1, -0.05) is 20.3 Å². The van der Waals surface area contributed by atoms with Gasteiger partial charge in [-0.15, -0.1) is 5.10 Å². The van der Waals surface area contributed by atoms with Crippen LogP contribution < -0.4 is 4.90 Å². The fraction of sp³-hybridized carbons (Fsp3) is 0.833. The van der Waals surface area contributed by atoms with Gasteiger partial charge in [0.2, 0.25) is 5.95 Å². The minimum Gasteiger partial charge on any atom is -0.341 e. The topological polar surface area (TPSA) is 36.9 Å². The lowest BCUT2D eigenvalue weighted by molar-refractivity contribution is 0.528. The maximum Gasteiger partial charge on any atom is 0.225 e. The van der Waals surface area contributed by atoms with Crippen molar-refractivity contribution in [2.24, 2.45) is 5.92 Å². The van der Waals surface area contributed by atoms with Crippen LogP contribution >= 0.6 is 12.2 Å². The predicted molar refractivity (Wildman–Crippen MR) is 72.9 cm³/mol. The van der Waals surface area contributed by atoms with E-state index in [-0.39, 0.29) is 0 Å². The molecule has 0 spiro atoms. The van der Waals surface area contributed by atoms with E-state index < -0.39 is 0 Å². The number of nitrogens with zero attached hydrogens (tertiary/aromatic N) is 3. The molecule has 0 radical (unpaired) electrons. The van der Waals surface area contributed by atoms with E-state index in [9.17, 15) is 0 Å². The zero-order valence-corrected chi connectivity index (χ0v) is 11.6. The van der Waals surface area contributed by atoms with Crippen molar-refractivity contribution < 1.29 is 0 Å². The summed E-state index contributed by atoms with van der Waals surface area (Å²) in [4.78, 5) is 2.38. The summed E-state index contributed by atoms with van der Waals surface area (Å²) in [7, 11) is 0. The lowest BCUT2D eigenvalue weighted by Crippen LogP contribution is -2.23. The number of aromatic nitrogens is 3. The molecule has 1 atom stereocenters. The van der Waals surface area contributed by atoms with Gasteiger partial charge in [0, 0.05) is 19.6 Å². The Kier molecular flexibility index (Phi) is 4.20. The highest BCUT2D eigenvalue weighted by molar-refractivity contribution is 7.71. The van der Waals surface area contributed by atoms with E-state index in [2.05, 4.69) is 33.5 Å². The number of H-pyrrole nitrogens is 1. The van der Waals surface area contributed by atoms with Gasteiger partial charge in [0.05, 0.1) is 0 Å². The van der Waals surface area contributed by atoms with E-state index in [0.717, 1.165) is 42.7 Å². The first-order valence-corrected chi connectivity index (χ1v) is 7.07. The first-order chi connectivity index (χ1) is 8.26. The zero-order chi connectivity index (χ0) is 12.3. The molecule has 1 saturated heterocycles. The average Bonchev–Trinajstić information content (AvgIpc) is 2.89. The van der Waals surface area contributed by atoms with E-state index in [4.69, 9.17) is 12.2 Å². The van der Waals surface area contributed by atoms with Gasteiger partial charge < -0.3 is 4.90 Å². The lowest BCUT2D eigenvalue weighted by Gasteiger charge is -2.18. The van der Waals surface area contributed by atoms with E-state index in [1.54, 1.807) is 0 Å². The van der Waals surface area contributed by atoms with Gasteiger partial charge in [0.25, 0.3) is 0 Å². The molecule has 5 heteroatoms. The summed E-state index contributed by atoms with van der Waals surface area (Å²) in [6.07, 6.45) is 4.99. The van der Waals surface area contributed by atoms with Crippen LogP contribution in [-0.2, 0) is 6.54 Å². The van der Waals surface area contributed by atoms with Crippen LogP contribution in [0.5, 0.6) is 0 Å². The van der Waals surface area contributed by atoms with Crippen LogP contribution in [0.4, 0.5) is 5.95 Å². The molecule has 2 heterocycles. The molecule has 1 aromatic rings. The smallest absolute Gasteiger partial charge is 0.225 e. The molecular formula is C12H22N4S. The van der Waals surface area contributed by atoms with Crippen molar-refractivity contribution in [3.63, 3.8) is 0 Å². The molecule has 1 aromatic heterocycles. The summed E-state index contributed by atoms with van der Waals surface area (Å²) in [5.41, 5.74) is 0. The Morgan fingerprint density at radius 2 is 2.24 bits per heavy atom. The first kappa shape index (κ1) is 12.6. The van der Waals surface area contributed by atoms with Crippen LogP contribution in [0.1, 0.15) is 39.5 Å². The molecule has 1 unspecified atom stereocenters. The van der Waals surface area contributed by atoms with Crippen molar-refractivity contribution in [3.8, 4) is 0 Å². The van der Waals surface area contributed by atoms with Crippen molar-refractivity contribution in [2.75, 3.05) is 18.0 Å². The zero-order valence-electron chi connectivity index (χ0n) is 10.8. The van der Waals surface area contributed by atoms with Crippen LogP contribution in [0.15, 0.2) is 0 Å². The van der Waals surface area contributed by atoms with E-state index >= 15 is 0 Å². The van der Waals surface area contributed by atoms with Crippen molar-refractivity contribution >= 4 is 18.2 Å². The average molecular weight is 254 g/mol. The molecule has 2 rings (SSSR count). The minimum atomic E-state index is 0.751. The number of anilines is 1. The molecule has 1 aliphatic rings. The molecule has 4 nitrogen and oxygen atoms in total. The molecule has 0 bridgehead atoms. The van der Waals surface area contributed by atoms with Gasteiger partial charge >= 0.3 is 0 Å². The lowest BCUT2D eigenvalue weighted by atomic mass is 10.0. The van der Waals surface area contributed by atoms with Crippen LogP contribution in [0.2, 0.25) is 0 Å². The Morgan fingerprint density at radius 3 is 2.94 bits per heavy atom. The predicted octanol–water partition coefficient (Wildman–Crippen LogP) is 2.98. The summed E-state index contributed by atoms with van der Waals surface area (Å²) >= 11 is 5.27. The molecule has 96 valence electrons. The normalized spacial score (nSPS) is 20.1. The highest BCUT2D eigenvalue weighted by atomic mass is 32.1. The summed E-state index contributed by atoms with van der Waals surface area (Å²) in [5, 5.41) is 7.30. The van der Waals surface area contributed by atoms with Crippen LogP contribution in [0, 0.1) is 10.7 Å². The van der Waals surface area contributed by atoms with E-state index in [0.29, 0.717) is 0 Å². The van der Waals surface area contributed by atoms with Crippen molar-refractivity contribution in [3.05, 3.63) is 4.77 Å². The van der Waals surface area contributed by atoms with Crippen molar-refractivity contribution in [1.82, 2.24) is 14.8 Å². The summed E-state index contributed by atoms with van der Waals surface area (Å²) in [6.45, 7) is 7.64. The van der Waals surface area contributed by atoms with E-state index in [1.165, 1.54) is 19.3 Å². The fourth-order valence-electron chi connectivity index (χ4n) is 2.63. The molecule has 17 heavy (non-hydrogen) atoms. The number of hydrogen-bond donors (Lipinski definition) is 1. The quantitative estimate of drug-likeness (QED) is 0.821. The third-order valence-electron chi connectivity index (χ3n) is 3.45. The Bertz CT molecular complexity index is 409. The SMILES string of the molecule is CCCC1CCN(c2n[nH]c(=S)n2CCC)C1. The highest BCUT2D eigenvalue weighted by Crippen LogP contribution is 2.25. The molecule has 0 saturated carbocycles. The minimum absolute atomic E-state index is 0.751. The van der Waals surface area contributed by atoms with Crippen LogP contribution in [0.25, 0.3) is 0 Å². The van der Waals surface area contributed by atoms with Gasteiger partial charge in [0.15, 0.2) is 4.77 Å². The number of nitrogens with one attached hydrogen (secondary N) is 1. The molecule has 0 aliphatic carbocycles. The van der Waals surface area contributed by atoms with Gasteiger partial charge in [-0.3, -0.25) is 4.57 Å². The maximum atomic E-state index is 5.27. The van der Waals surface area contributed by atoms with Crippen LogP contribution in [0.3, 0.4) is 0 Å². The summed E-state index contributed by atoms with van der Waals surface area (Å²) in [5.74, 6) is 1.87. The van der Waals surface area contributed by atoms with Gasteiger partial charge in [-0.05, 0) is 37.4 Å². The van der Waals surface area contributed by atoms with E-state index in [1.807, 2.05) is 0 Å². The molecular weight excluding hydrogens is 232 g/mol. The Labute approximate surface area is 108 Å². The second kappa shape index (κ2) is 5.67. The van der Waals surface area contributed by atoms with Crippen LogP contribution in [-0.4, -0.2) is 27.9 Å². The molecule has 1 fully saturated rings. The monoisotopic (exact) mass is 254 g/mol. The number of hydrogen-bond acceptors (Lipinski definition) is 3. The third kappa shape index (κ3) is 2.70. The second-order valence-electron chi connectivity index (χ2n) is 4.87. The Hall–Kier alpha value is -0.840. The molecule has 1 N–H and O–H groups in total. The van der Waals surface area contributed by atoms with Gasteiger partial charge in [0.1, 0.15) is 0 Å². The highest BCUT2D eigenvalue weighted by Gasteiger charge is 2.25. The van der Waals surface area contributed by atoms with Crippen molar-refractivity contribution in [2.45, 2.75) is 46.1 Å². The number of rotatable bonds is 5. The standard InChI is InChI=1S/C12H22N4S/c1-3-5-10-6-8-15(9-10)11-13-14-12(17)16(11)7-4-2/h10H,3-9H2,1-2H3,(H,14,17). The van der Waals surface area contributed by atoms with Crippen molar-refractivity contribution in [1.29, 1.82) is 0 Å². The molecule has 0 aromatic carbocycles. The summed E-state index contributed by atoms with van der Waals surface area (Å²) in [6, 6.07) is 0. The van der Waals surface area contributed by atoms with Gasteiger partial charge in [-0.2, -0.15) is 0 Å². The van der Waals surface area contributed by atoms with Gasteiger partial charge in [-0.25, -0.2) is 5.10 Å². The first-order valence-electron chi connectivity index (χ1n) is 6.66. The third-order valence-corrected chi connectivity index (χ3v) is 3.76. The Morgan fingerprint density at radius 1 is 1.41 bits per heavy atom.